The number of nitrogens with zero attached hydrogens (tertiary/aromatic N) is 6. The highest BCUT2D eigenvalue weighted by atomic mass is 16.5. The third-order valence-electron chi connectivity index (χ3n) is 3.71. The van der Waals surface area contributed by atoms with Gasteiger partial charge in [0, 0.05) is 40.3 Å². The number of amides is 1. The molecule has 0 aromatic carbocycles. The molecule has 1 aliphatic heterocycles. The third-order valence-corrected chi connectivity index (χ3v) is 3.71. The molecule has 3 heterocycles. The van der Waals surface area contributed by atoms with E-state index in [2.05, 4.69) is 20.0 Å². The predicted molar refractivity (Wildman–Crippen MR) is 77.0 cm³/mol. The van der Waals surface area contributed by atoms with Gasteiger partial charge in [-0.05, 0) is 0 Å². The lowest BCUT2D eigenvalue weighted by molar-refractivity contribution is -0.135. The standard InChI is InChI=1S/C13H18N6O2/c1-17-12-10(7-16-17)13(15-9-14-12)19-5-3-18(4-6-19)11(20)8-21-2/h7,9H,3-6,8H2,1-2H3. The van der Waals surface area contributed by atoms with Gasteiger partial charge in [-0.1, -0.05) is 0 Å². The molecule has 0 unspecified atom stereocenters. The normalized spacial score (nSPS) is 15.7. The second kappa shape index (κ2) is 5.65. The summed E-state index contributed by atoms with van der Waals surface area (Å²) in [4.78, 5) is 24.4. The van der Waals surface area contributed by atoms with Crippen LogP contribution >= 0.6 is 0 Å². The van der Waals surface area contributed by atoms with E-state index >= 15 is 0 Å². The molecule has 8 nitrogen and oxygen atoms in total. The van der Waals surface area contributed by atoms with Crippen molar-refractivity contribution in [3.63, 3.8) is 0 Å². The highest BCUT2D eigenvalue weighted by Gasteiger charge is 2.23. The van der Waals surface area contributed by atoms with E-state index < -0.39 is 0 Å². The summed E-state index contributed by atoms with van der Waals surface area (Å²) in [5.41, 5.74) is 0.817. The molecule has 1 fully saturated rings. The van der Waals surface area contributed by atoms with E-state index in [0.29, 0.717) is 13.1 Å². The van der Waals surface area contributed by atoms with Crippen molar-refractivity contribution in [3.05, 3.63) is 12.5 Å². The van der Waals surface area contributed by atoms with Gasteiger partial charge in [0.2, 0.25) is 5.91 Å². The first-order chi connectivity index (χ1) is 10.2. The molecule has 2 aromatic heterocycles. The van der Waals surface area contributed by atoms with Crippen LogP contribution in [0, 0.1) is 0 Å². The number of carbonyl (C=O) groups excluding carboxylic acids is 1. The molecule has 0 spiro atoms. The first-order valence-electron chi connectivity index (χ1n) is 6.85. The van der Waals surface area contributed by atoms with Crippen molar-refractivity contribution in [3.8, 4) is 0 Å². The molecule has 1 amide bonds. The van der Waals surface area contributed by atoms with E-state index in [-0.39, 0.29) is 12.5 Å². The molecule has 8 heteroatoms. The van der Waals surface area contributed by atoms with E-state index in [1.54, 1.807) is 17.2 Å². The minimum Gasteiger partial charge on any atom is -0.375 e. The number of ether oxygens (including phenoxy) is 1. The Bertz CT molecular complexity index is 647. The van der Waals surface area contributed by atoms with Crippen molar-refractivity contribution in [1.82, 2.24) is 24.6 Å². The highest BCUT2D eigenvalue weighted by Crippen LogP contribution is 2.23. The minimum atomic E-state index is 0.0337. The molecule has 3 rings (SSSR count). The van der Waals surface area contributed by atoms with Gasteiger partial charge < -0.3 is 14.5 Å². The van der Waals surface area contributed by atoms with Gasteiger partial charge in [-0.15, -0.1) is 0 Å². The molecule has 0 bridgehead atoms. The number of fused-ring (bicyclic) bond motifs is 1. The lowest BCUT2D eigenvalue weighted by atomic mass is 10.2. The minimum absolute atomic E-state index is 0.0337. The summed E-state index contributed by atoms with van der Waals surface area (Å²) in [5.74, 6) is 0.915. The number of piperazine rings is 1. The Morgan fingerprint density at radius 1 is 1.29 bits per heavy atom. The third kappa shape index (κ3) is 2.54. The van der Waals surface area contributed by atoms with Crippen LogP contribution in [0.3, 0.4) is 0 Å². The average molecular weight is 290 g/mol. The van der Waals surface area contributed by atoms with Crippen LogP contribution in [0.25, 0.3) is 11.0 Å². The maximum Gasteiger partial charge on any atom is 0.248 e. The zero-order valence-electron chi connectivity index (χ0n) is 12.2. The number of hydrogen-bond donors (Lipinski definition) is 0. The summed E-state index contributed by atoms with van der Waals surface area (Å²) >= 11 is 0. The van der Waals surface area contributed by atoms with Crippen molar-refractivity contribution < 1.29 is 9.53 Å². The van der Waals surface area contributed by atoms with Crippen molar-refractivity contribution in [1.29, 1.82) is 0 Å². The number of aryl methyl sites for hydroxylation is 1. The highest BCUT2D eigenvalue weighted by molar-refractivity contribution is 5.86. The van der Waals surface area contributed by atoms with Gasteiger partial charge in [0.05, 0.1) is 11.6 Å². The van der Waals surface area contributed by atoms with E-state index in [9.17, 15) is 4.79 Å². The Morgan fingerprint density at radius 3 is 2.76 bits per heavy atom. The fourth-order valence-corrected chi connectivity index (χ4v) is 2.58. The summed E-state index contributed by atoms with van der Waals surface area (Å²) in [7, 11) is 3.40. The van der Waals surface area contributed by atoms with Crippen molar-refractivity contribution in [2.24, 2.45) is 7.05 Å². The second-order valence-corrected chi connectivity index (χ2v) is 5.00. The average Bonchev–Trinajstić information content (AvgIpc) is 2.89. The Hall–Kier alpha value is -2.22. The SMILES string of the molecule is COCC(=O)N1CCN(c2ncnc3c2cnn3C)CC1. The van der Waals surface area contributed by atoms with Crippen LogP contribution in [-0.2, 0) is 16.6 Å². The first kappa shape index (κ1) is 13.7. The number of carbonyl (C=O) groups is 1. The Labute approximate surface area is 122 Å². The largest absolute Gasteiger partial charge is 0.375 e. The van der Waals surface area contributed by atoms with Crippen LogP contribution in [0.5, 0.6) is 0 Å². The zero-order valence-corrected chi connectivity index (χ0v) is 12.2. The maximum absolute atomic E-state index is 11.8. The molecule has 2 aromatic rings. The van der Waals surface area contributed by atoms with Crippen LogP contribution in [-0.4, -0.2) is 70.5 Å². The summed E-state index contributed by atoms with van der Waals surface area (Å²) in [6.45, 7) is 2.98. The van der Waals surface area contributed by atoms with Gasteiger partial charge in [0.15, 0.2) is 5.65 Å². The lowest BCUT2D eigenvalue weighted by Gasteiger charge is -2.35. The summed E-state index contributed by atoms with van der Waals surface area (Å²) < 4.78 is 6.63. The Morgan fingerprint density at radius 2 is 2.05 bits per heavy atom. The fourth-order valence-electron chi connectivity index (χ4n) is 2.58. The maximum atomic E-state index is 11.8. The molecule has 0 atom stereocenters. The summed E-state index contributed by atoms with van der Waals surface area (Å²) in [6.07, 6.45) is 3.34. The van der Waals surface area contributed by atoms with Gasteiger partial charge >= 0.3 is 0 Å². The van der Waals surface area contributed by atoms with Crippen LogP contribution in [0.4, 0.5) is 5.82 Å². The van der Waals surface area contributed by atoms with Crippen LogP contribution in [0.1, 0.15) is 0 Å². The number of rotatable bonds is 3. The second-order valence-electron chi connectivity index (χ2n) is 5.00. The van der Waals surface area contributed by atoms with Crippen LogP contribution in [0.15, 0.2) is 12.5 Å². The van der Waals surface area contributed by atoms with Crippen molar-refractivity contribution in [2.45, 2.75) is 0 Å². The number of methoxy groups -OCH3 is 1. The van der Waals surface area contributed by atoms with Gasteiger partial charge in [0.25, 0.3) is 0 Å². The topological polar surface area (TPSA) is 76.4 Å². The molecule has 0 saturated carbocycles. The van der Waals surface area contributed by atoms with E-state index in [1.165, 1.54) is 7.11 Å². The number of anilines is 1. The molecule has 112 valence electrons. The van der Waals surface area contributed by atoms with Gasteiger partial charge in [0.1, 0.15) is 18.8 Å². The van der Waals surface area contributed by atoms with Crippen LogP contribution in [0.2, 0.25) is 0 Å². The Kier molecular flexibility index (Phi) is 3.70. The van der Waals surface area contributed by atoms with Gasteiger partial charge in [-0.2, -0.15) is 5.10 Å². The van der Waals surface area contributed by atoms with E-state index in [4.69, 9.17) is 4.74 Å². The monoisotopic (exact) mass is 290 g/mol. The lowest BCUT2D eigenvalue weighted by Crippen LogP contribution is -2.50. The number of hydrogen-bond acceptors (Lipinski definition) is 6. The first-order valence-corrected chi connectivity index (χ1v) is 6.85. The predicted octanol–water partition coefficient (Wildman–Crippen LogP) is -0.342. The van der Waals surface area contributed by atoms with Gasteiger partial charge in [-0.3, -0.25) is 9.48 Å². The van der Waals surface area contributed by atoms with E-state index in [0.717, 1.165) is 29.9 Å². The molecule has 21 heavy (non-hydrogen) atoms. The zero-order chi connectivity index (χ0) is 14.8. The van der Waals surface area contributed by atoms with Crippen molar-refractivity contribution >= 4 is 22.8 Å². The van der Waals surface area contributed by atoms with Crippen molar-refractivity contribution in [2.75, 3.05) is 44.8 Å². The van der Waals surface area contributed by atoms with Crippen LogP contribution < -0.4 is 4.90 Å². The molecule has 0 aliphatic carbocycles. The summed E-state index contributed by atoms with van der Waals surface area (Å²) in [5, 5.41) is 5.17. The molecular formula is C13H18N6O2. The smallest absolute Gasteiger partial charge is 0.248 e. The summed E-state index contributed by atoms with van der Waals surface area (Å²) in [6, 6.07) is 0. The Balaban J connectivity index is 1.75. The van der Waals surface area contributed by atoms with Gasteiger partial charge in [-0.25, -0.2) is 9.97 Å². The molecule has 1 saturated heterocycles. The fraction of sp³-hybridized carbons (Fsp3) is 0.538. The molecular weight excluding hydrogens is 272 g/mol. The quantitative estimate of drug-likeness (QED) is 0.769. The molecule has 0 radical (unpaired) electrons. The molecule has 1 aliphatic rings. The molecule has 0 N–H and O–H groups in total. The number of aromatic nitrogens is 4. The van der Waals surface area contributed by atoms with E-state index in [1.807, 2.05) is 11.9 Å².